The highest BCUT2D eigenvalue weighted by Crippen LogP contribution is 2.11. The van der Waals surface area contributed by atoms with E-state index in [1.807, 2.05) is 0 Å². The van der Waals surface area contributed by atoms with Crippen LogP contribution in [0.2, 0.25) is 0 Å². The summed E-state index contributed by atoms with van der Waals surface area (Å²) in [4.78, 5) is 21.2. The molecule has 0 saturated carbocycles. The number of carbonyl (C=O) groups is 2. The molecule has 1 aromatic rings. The Kier molecular flexibility index (Phi) is 3.36. The second kappa shape index (κ2) is 4.53. The van der Waals surface area contributed by atoms with Gasteiger partial charge in [-0.05, 0) is 24.1 Å². The normalized spacial score (nSPS) is 9.79. The Bertz CT molecular complexity index is 357. The number of carbonyl (C=O) groups excluding carboxylic acids is 1. The van der Waals surface area contributed by atoms with Gasteiger partial charge in [0.25, 0.3) is 0 Å². The summed E-state index contributed by atoms with van der Waals surface area (Å²) in [5.74, 6) is -1.07. The van der Waals surface area contributed by atoms with E-state index in [9.17, 15) is 9.59 Å². The number of aldehydes is 1. The lowest BCUT2D eigenvalue weighted by molar-refractivity contribution is 0.0697. The standard InChI is InChI=1S/C10H10O4/c11-4-3-7-1-2-8(10(13)14)5-9(7)6-12/h1-2,5-6,11H,3-4H2,(H,13,14). The molecule has 0 aliphatic carbocycles. The van der Waals surface area contributed by atoms with Crippen molar-refractivity contribution in [2.45, 2.75) is 6.42 Å². The quantitative estimate of drug-likeness (QED) is 0.693. The fourth-order valence-corrected chi connectivity index (χ4v) is 1.19. The monoisotopic (exact) mass is 194 g/mol. The van der Waals surface area contributed by atoms with Crippen LogP contribution in [0.4, 0.5) is 0 Å². The van der Waals surface area contributed by atoms with Crippen LogP contribution in [0.15, 0.2) is 18.2 Å². The van der Waals surface area contributed by atoms with E-state index in [1.165, 1.54) is 12.1 Å². The number of hydrogen-bond donors (Lipinski definition) is 2. The summed E-state index contributed by atoms with van der Waals surface area (Å²) >= 11 is 0. The topological polar surface area (TPSA) is 74.6 Å². The van der Waals surface area contributed by atoms with E-state index in [0.29, 0.717) is 23.8 Å². The van der Waals surface area contributed by atoms with E-state index in [2.05, 4.69) is 0 Å². The Morgan fingerprint density at radius 3 is 2.64 bits per heavy atom. The molecule has 0 amide bonds. The molecule has 4 heteroatoms. The Labute approximate surface area is 80.8 Å². The maximum absolute atomic E-state index is 10.6. The Hall–Kier alpha value is -1.68. The Morgan fingerprint density at radius 2 is 2.14 bits per heavy atom. The fraction of sp³-hybridized carbons (Fsp3) is 0.200. The van der Waals surface area contributed by atoms with Gasteiger partial charge in [0.2, 0.25) is 0 Å². The van der Waals surface area contributed by atoms with Crippen LogP contribution in [0.1, 0.15) is 26.3 Å². The summed E-state index contributed by atoms with van der Waals surface area (Å²) in [6.45, 7) is -0.0622. The molecular formula is C10H10O4. The third kappa shape index (κ3) is 2.17. The highest BCUT2D eigenvalue weighted by atomic mass is 16.4. The summed E-state index contributed by atoms with van der Waals surface area (Å²) < 4.78 is 0. The van der Waals surface area contributed by atoms with Gasteiger partial charge in [-0.25, -0.2) is 4.79 Å². The third-order valence-corrected chi connectivity index (χ3v) is 1.90. The minimum absolute atomic E-state index is 0.0622. The average molecular weight is 194 g/mol. The predicted molar refractivity (Wildman–Crippen MR) is 49.6 cm³/mol. The molecule has 74 valence electrons. The first-order chi connectivity index (χ1) is 6.69. The number of aliphatic hydroxyl groups excluding tert-OH is 1. The van der Waals surface area contributed by atoms with E-state index in [-0.39, 0.29) is 12.2 Å². The first-order valence-corrected chi connectivity index (χ1v) is 4.11. The van der Waals surface area contributed by atoms with Gasteiger partial charge in [0.05, 0.1) is 5.56 Å². The second-order valence-electron chi connectivity index (χ2n) is 2.81. The summed E-state index contributed by atoms with van der Waals surface area (Å²) in [6.07, 6.45) is 0.950. The van der Waals surface area contributed by atoms with Gasteiger partial charge in [-0.2, -0.15) is 0 Å². The lowest BCUT2D eigenvalue weighted by Crippen LogP contribution is -2.02. The van der Waals surface area contributed by atoms with Crippen LogP contribution < -0.4 is 0 Å². The van der Waals surface area contributed by atoms with Gasteiger partial charge in [-0.3, -0.25) is 4.79 Å². The van der Waals surface area contributed by atoms with Crippen molar-refractivity contribution in [1.29, 1.82) is 0 Å². The molecule has 4 nitrogen and oxygen atoms in total. The first kappa shape index (κ1) is 10.4. The van der Waals surface area contributed by atoms with Crippen LogP contribution in [0.25, 0.3) is 0 Å². The van der Waals surface area contributed by atoms with Crippen LogP contribution in [0.5, 0.6) is 0 Å². The van der Waals surface area contributed by atoms with Gasteiger partial charge in [-0.1, -0.05) is 6.07 Å². The first-order valence-electron chi connectivity index (χ1n) is 4.11. The van der Waals surface area contributed by atoms with Crippen molar-refractivity contribution in [2.24, 2.45) is 0 Å². The zero-order valence-electron chi connectivity index (χ0n) is 7.43. The zero-order valence-corrected chi connectivity index (χ0v) is 7.43. The van der Waals surface area contributed by atoms with Crippen LogP contribution in [0.3, 0.4) is 0 Å². The SMILES string of the molecule is O=Cc1cc(C(=O)O)ccc1CCO. The Balaban J connectivity index is 3.11. The molecule has 0 aliphatic heterocycles. The van der Waals surface area contributed by atoms with E-state index in [4.69, 9.17) is 10.2 Å². The van der Waals surface area contributed by atoms with Crippen LogP contribution in [0, 0.1) is 0 Å². The van der Waals surface area contributed by atoms with Crippen molar-refractivity contribution in [3.8, 4) is 0 Å². The number of aromatic carboxylic acids is 1. The number of carboxylic acid groups (broad SMARTS) is 1. The second-order valence-corrected chi connectivity index (χ2v) is 2.81. The summed E-state index contributed by atoms with van der Waals surface area (Å²) in [6, 6.07) is 4.27. The van der Waals surface area contributed by atoms with Crippen molar-refractivity contribution in [3.05, 3.63) is 34.9 Å². The molecule has 0 fully saturated rings. The highest BCUT2D eigenvalue weighted by molar-refractivity contribution is 5.90. The molecule has 0 saturated heterocycles. The molecule has 0 aromatic heterocycles. The van der Waals surface area contributed by atoms with Crippen LogP contribution in [-0.2, 0) is 6.42 Å². The molecular weight excluding hydrogens is 184 g/mol. The summed E-state index contributed by atoms with van der Waals surface area (Å²) in [5.41, 5.74) is 1.06. The third-order valence-electron chi connectivity index (χ3n) is 1.90. The van der Waals surface area contributed by atoms with Gasteiger partial charge < -0.3 is 10.2 Å². The van der Waals surface area contributed by atoms with Crippen LogP contribution >= 0.6 is 0 Å². The lowest BCUT2D eigenvalue weighted by atomic mass is 10.0. The van der Waals surface area contributed by atoms with Gasteiger partial charge in [-0.15, -0.1) is 0 Å². The molecule has 2 N–H and O–H groups in total. The number of rotatable bonds is 4. The van der Waals surface area contributed by atoms with Gasteiger partial charge in [0.1, 0.15) is 6.29 Å². The van der Waals surface area contributed by atoms with E-state index >= 15 is 0 Å². The molecule has 0 radical (unpaired) electrons. The number of benzene rings is 1. The van der Waals surface area contributed by atoms with E-state index in [1.54, 1.807) is 6.07 Å². The molecule has 0 heterocycles. The summed E-state index contributed by atoms with van der Waals surface area (Å²) in [7, 11) is 0. The molecule has 0 atom stereocenters. The average Bonchev–Trinajstić information content (AvgIpc) is 2.18. The zero-order chi connectivity index (χ0) is 10.6. The number of carboxylic acids is 1. The highest BCUT2D eigenvalue weighted by Gasteiger charge is 2.07. The molecule has 0 spiro atoms. The minimum atomic E-state index is -1.07. The summed E-state index contributed by atoms with van der Waals surface area (Å²) in [5, 5.41) is 17.3. The fourth-order valence-electron chi connectivity index (χ4n) is 1.19. The smallest absolute Gasteiger partial charge is 0.335 e. The van der Waals surface area contributed by atoms with Gasteiger partial charge in [0, 0.05) is 12.2 Å². The maximum Gasteiger partial charge on any atom is 0.335 e. The molecule has 0 unspecified atom stereocenters. The van der Waals surface area contributed by atoms with Crippen molar-refractivity contribution >= 4 is 12.3 Å². The van der Waals surface area contributed by atoms with Crippen molar-refractivity contribution in [2.75, 3.05) is 6.61 Å². The van der Waals surface area contributed by atoms with Gasteiger partial charge in [0.15, 0.2) is 0 Å². The molecule has 0 bridgehead atoms. The van der Waals surface area contributed by atoms with E-state index < -0.39 is 5.97 Å². The lowest BCUT2D eigenvalue weighted by Gasteiger charge is -2.03. The van der Waals surface area contributed by atoms with E-state index in [0.717, 1.165) is 0 Å². The molecule has 1 aromatic carbocycles. The van der Waals surface area contributed by atoms with Gasteiger partial charge >= 0.3 is 5.97 Å². The molecule has 14 heavy (non-hydrogen) atoms. The number of hydrogen-bond acceptors (Lipinski definition) is 3. The number of aliphatic hydroxyl groups is 1. The predicted octanol–water partition coefficient (Wildman–Crippen LogP) is 0.732. The molecule has 1 rings (SSSR count). The van der Waals surface area contributed by atoms with Crippen molar-refractivity contribution in [3.63, 3.8) is 0 Å². The largest absolute Gasteiger partial charge is 0.478 e. The minimum Gasteiger partial charge on any atom is -0.478 e. The molecule has 0 aliphatic rings. The maximum atomic E-state index is 10.6. The van der Waals surface area contributed by atoms with Crippen LogP contribution in [-0.4, -0.2) is 29.1 Å². The van der Waals surface area contributed by atoms with Crippen molar-refractivity contribution in [1.82, 2.24) is 0 Å². The Morgan fingerprint density at radius 1 is 1.43 bits per heavy atom. The van der Waals surface area contributed by atoms with Crippen molar-refractivity contribution < 1.29 is 19.8 Å².